The molecule has 1 amide bonds. The number of nitrogens with one attached hydrogen (secondary N) is 2. The lowest BCUT2D eigenvalue weighted by Gasteiger charge is -2.35. The molecule has 0 aromatic heterocycles. The van der Waals surface area contributed by atoms with Gasteiger partial charge in [0.1, 0.15) is 0 Å². The first-order valence-electron chi connectivity index (χ1n) is 8.52. The molecular weight excluding hydrogens is 266 g/mol. The van der Waals surface area contributed by atoms with Gasteiger partial charge in [-0.05, 0) is 57.5 Å². The average Bonchev–Trinajstić information content (AvgIpc) is 2.51. The van der Waals surface area contributed by atoms with Crippen molar-refractivity contribution in [3.05, 3.63) is 0 Å². The van der Waals surface area contributed by atoms with E-state index in [2.05, 4.69) is 15.5 Å². The van der Waals surface area contributed by atoms with Crippen molar-refractivity contribution in [1.82, 2.24) is 15.5 Å². The van der Waals surface area contributed by atoms with Crippen LogP contribution in [0, 0.1) is 5.92 Å². The molecule has 0 radical (unpaired) electrons. The second-order valence-corrected chi connectivity index (χ2v) is 6.63. The van der Waals surface area contributed by atoms with Crippen LogP contribution in [0.15, 0.2) is 0 Å². The quantitative estimate of drug-likeness (QED) is 0.676. The van der Waals surface area contributed by atoms with Gasteiger partial charge in [-0.1, -0.05) is 6.42 Å². The molecule has 0 aromatic rings. The third-order valence-electron chi connectivity index (χ3n) is 5.00. The molecule has 2 aliphatic rings. The second-order valence-electron chi connectivity index (χ2n) is 6.63. The minimum absolute atomic E-state index is 0.0670. The molecule has 0 spiro atoms. The smallest absolute Gasteiger partial charge is 0.233 e. The molecule has 1 aliphatic carbocycles. The molecule has 0 aromatic carbocycles. The van der Waals surface area contributed by atoms with Crippen LogP contribution in [-0.4, -0.2) is 61.3 Å². The van der Waals surface area contributed by atoms with Gasteiger partial charge in [0.05, 0.1) is 12.6 Å². The topological polar surface area (TPSA) is 64.6 Å². The minimum Gasteiger partial charge on any atom is -0.393 e. The van der Waals surface area contributed by atoms with Crippen LogP contribution in [0.1, 0.15) is 44.9 Å². The summed E-state index contributed by atoms with van der Waals surface area (Å²) in [5.41, 5.74) is 0. The average molecular weight is 297 g/mol. The zero-order chi connectivity index (χ0) is 15.1. The van der Waals surface area contributed by atoms with E-state index in [-0.39, 0.29) is 12.0 Å². The third-order valence-corrected chi connectivity index (χ3v) is 5.00. The molecule has 122 valence electrons. The zero-order valence-electron chi connectivity index (χ0n) is 13.3. The summed E-state index contributed by atoms with van der Waals surface area (Å²) >= 11 is 0. The van der Waals surface area contributed by atoms with Gasteiger partial charge in [-0.15, -0.1) is 0 Å². The van der Waals surface area contributed by atoms with E-state index < -0.39 is 0 Å². The Labute approximate surface area is 128 Å². The van der Waals surface area contributed by atoms with Crippen molar-refractivity contribution in [2.24, 2.45) is 5.92 Å². The number of hydrogen-bond acceptors (Lipinski definition) is 4. The van der Waals surface area contributed by atoms with Gasteiger partial charge in [-0.25, -0.2) is 0 Å². The molecule has 21 heavy (non-hydrogen) atoms. The van der Waals surface area contributed by atoms with Gasteiger partial charge in [0, 0.05) is 19.6 Å². The standard InChI is InChI=1S/C16H31N3O2/c1-17-16(21)12-19-9-3-2-4-14(19)11-18-10-13-5-7-15(20)8-6-13/h13-15,18,20H,2-12H2,1H3,(H,17,21)/t13-,14?,15-. The highest BCUT2D eigenvalue weighted by atomic mass is 16.3. The van der Waals surface area contributed by atoms with E-state index in [4.69, 9.17) is 0 Å². The number of aliphatic hydroxyl groups excluding tert-OH is 1. The number of aliphatic hydroxyl groups is 1. The van der Waals surface area contributed by atoms with E-state index in [9.17, 15) is 9.90 Å². The van der Waals surface area contributed by atoms with Crippen molar-refractivity contribution in [3.63, 3.8) is 0 Å². The van der Waals surface area contributed by atoms with Gasteiger partial charge in [0.15, 0.2) is 0 Å². The van der Waals surface area contributed by atoms with E-state index in [0.717, 1.165) is 45.3 Å². The minimum atomic E-state index is -0.0670. The maximum absolute atomic E-state index is 11.6. The van der Waals surface area contributed by atoms with E-state index in [1.165, 1.54) is 19.3 Å². The lowest BCUT2D eigenvalue weighted by atomic mass is 9.87. The lowest BCUT2D eigenvalue weighted by Crippen LogP contribution is -2.49. The van der Waals surface area contributed by atoms with Crippen LogP contribution in [0.2, 0.25) is 0 Å². The molecule has 0 bridgehead atoms. The van der Waals surface area contributed by atoms with Crippen molar-refractivity contribution in [3.8, 4) is 0 Å². The van der Waals surface area contributed by atoms with Crippen molar-refractivity contribution in [2.75, 3.05) is 33.2 Å². The van der Waals surface area contributed by atoms with Gasteiger partial charge in [0.25, 0.3) is 0 Å². The van der Waals surface area contributed by atoms with Crippen LogP contribution in [0.5, 0.6) is 0 Å². The number of piperidine rings is 1. The van der Waals surface area contributed by atoms with E-state index in [1.807, 2.05) is 0 Å². The highest BCUT2D eigenvalue weighted by Gasteiger charge is 2.24. The number of carbonyl (C=O) groups excluding carboxylic acids is 1. The Morgan fingerprint density at radius 1 is 1.14 bits per heavy atom. The van der Waals surface area contributed by atoms with Crippen LogP contribution < -0.4 is 10.6 Å². The van der Waals surface area contributed by atoms with Gasteiger partial charge in [-0.2, -0.15) is 0 Å². The lowest BCUT2D eigenvalue weighted by molar-refractivity contribution is -0.122. The predicted molar refractivity (Wildman–Crippen MR) is 84.1 cm³/mol. The molecule has 1 saturated heterocycles. The predicted octanol–water partition coefficient (Wildman–Crippen LogP) is 0.728. The number of likely N-dealkylation sites (tertiary alicyclic amines) is 1. The first-order chi connectivity index (χ1) is 10.2. The fourth-order valence-corrected chi connectivity index (χ4v) is 3.57. The summed E-state index contributed by atoms with van der Waals surface area (Å²) in [4.78, 5) is 13.9. The Morgan fingerprint density at radius 3 is 2.62 bits per heavy atom. The molecule has 2 rings (SSSR count). The second kappa shape index (κ2) is 8.71. The molecule has 1 heterocycles. The Kier molecular flexibility index (Phi) is 6.93. The molecular formula is C16H31N3O2. The maximum atomic E-state index is 11.6. The largest absolute Gasteiger partial charge is 0.393 e. The van der Waals surface area contributed by atoms with Crippen molar-refractivity contribution >= 4 is 5.91 Å². The van der Waals surface area contributed by atoms with E-state index in [0.29, 0.717) is 18.5 Å². The molecule has 1 atom stereocenters. The molecule has 1 saturated carbocycles. The summed E-state index contributed by atoms with van der Waals surface area (Å²) in [5, 5.41) is 15.9. The molecule has 2 fully saturated rings. The number of amides is 1. The van der Waals surface area contributed by atoms with Crippen molar-refractivity contribution in [1.29, 1.82) is 0 Å². The monoisotopic (exact) mass is 297 g/mol. The van der Waals surface area contributed by atoms with E-state index in [1.54, 1.807) is 7.05 Å². The first kappa shape index (κ1) is 16.7. The number of nitrogens with zero attached hydrogens (tertiary/aromatic N) is 1. The summed E-state index contributed by atoms with van der Waals surface area (Å²) in [7, 11) is 1.71. The maximum Gasteiger partial charge on any atom is 0.233 e. The van der Waals surface area contributed by atoms with Crippen LogP contribution in [0.25, 0.3) is 0 Å². The van der Waals surface area contributed by atoms with Gasteiger partial charge >= 0.3 is 0 Å². The van der Waals surface area contributed by atoms with Crippen LogP contribution in [0.4, 0.5) is 0 Å². The highest BCUT2D eigenvalue weighted by molar-refractivity contribution is 5.77. The molecule has 1 unspecified atom stereocenters. The summed E-state index contributed by atoms with van der Waals surface area (Å²) in [5.74, 6) is 0.826. The number of likely N-dealkylation sites (N-methyl/N-ethyl adjacent to an activating group) is 1. The van der Waals surface area contributed by atoms with E-state index >= 15 is 0 Å². The normalized spacial score (nSPS) is 31.0. The van der Waals surface area contributed by atoms with Crippen molar-refractivity contribution in [2.45, 2.75) is 57.1 Å². The van der Waals surface area contributed by atoms with Crippen LogP contribution in [-0.2, 0) is 4.79 Å². The number of hydrogen-bond donors (Lipinski definition) is 3. The fraction of sp³-hybridized carbons (Fsp3) is 0.938. The SMILES string of the molecule is CNC(=O)CN1CCCCC1CNC[C@H]1CC[C@H](O)CC1. The number of carbonyl (C=O) groups is 1. The Morgan fingerprint density at radius 2 is 1.90 bits per heavy atom. The summed E-state index contributed by atoms with van der Waals surface area (Å²) in [6.45, 7) is 3.60. The van der Waals surface area contributed by atoms with Gasteiger partial charge in [0.2, 0.25) is 5.91 Å². The Balaban J connectivity index is 1.68. The van der Waals surface area contributed by atoms with Crippen molar-refractivity contribution < 1.29 is 9.90 Å². The molecule has 1 aliphatic heterocycles. The highest BCUT2D eigenvalue weighted by Crippen LogP contribution is 2.23. The summed E-state index contributed by atoms with van der Waals surface area (Å²) in [6.07, 6.45) is 7.79. The summed E-state index contributed by atoms with van der Waals surface area (Å²) in [6, 6.07) is 0.491. The Bertz CT molecular complexity index is 317. The van der Waals surface area contributed by atoms with Crippen LogP contribution in [0.3, 0.4) is 0 Å². The fourth-order valence-electron chi connectivity index (χ4n) is 3.57. The Hall–Kier alpha value is -0.650. The summed E-state index contributed by atoms with van der Waals surface area (Å²) < 4.78 is 0. The molecule has 5 heteroatoms. The first-order valence-corrected chi connectivity index (χ1v) is 8.52. The molecule has 3 N–H and O–H groups in total. The third kappa shape index (κ3) is 5.57. The van der Waals surface area contributed by atoms with Gasteiger partial charge < -0.3 is 15.7 Å². The number of rotatable bonds is 6. The van der Waals surface area contributed by atoms with Gasteiger partial charge in [-0.3, -0.25) is 9.69 Å². The molecule has 5 nitrogen and oxygen atoms in total. The zero-order valence-corrected chi connectivity index (χ0v) is 13.3. The van der Waals surface area contributed by atoms with Crippen LogP contribution >= 0.6 is 0 Å².